The number of nitrogens with two attached hydrogens (primary N) is 1. The zero-order chi connectivity index (χ0) is 19.6. The molecular weight excluding hydrogens is 377 g/mol. The first-order valence-corrected chi connectivity index (χ1v) is 9.88. The summed E-state index contributed by atoms with van der Waals surface area (Å²) in [4.78, 5) is 35.6. The largest absolute Gasteiger partial charge is 0.766 e. The van der Waals surface area contributed by atoms with E-state index in [1.807, 2.05) is 0 Å². The monoisotopic (exact) mass is 398 g/mol. The van der Waals surface area contributed by atoms with Gasteiger partial charge in [0, 0.05) is 7.05 Å². The van der Waals surface area contributed by atoms with E-state index in [0.29, 0.717) is 24.0 Å². The van der Waals surface area contributed by atoms with Gasteiger partial charge in [-0.3, -0.25) is 13.9 Å². The SMILES string of the molecule is CNC(=O)[C@H](C)NP(=O)([O-])OC[C@@H]1CC[C@H](n2cnc3c(N)ncnc32)O1. The van der Waals surface area contributed by atoms with Crippen molar-refractivity contribution in [1.29, 1.82) is 0 Å². The molecule has 0 aliphatic carbocycles. The summed E-state index contributed by atoms with van der Waals surface area (Å²) in [5.41, 5.74) is 6.80. The second-order valence-corrected chi connectivity index (χ2v) is 7.64. The number of fused-ring (bicyclic) bond motifs is 1. The number of ether oxygens (including phenoxy) is 1. The Morgan fingerprint density at radius 3 is 3.04 bits per heavy atom. The summed E-state index contributed by atoms with van der Waals surface area (Å²) in [5, 5.41) is 4.52. The van der Waals surface area contributed by atoms with Crippen molar-refractivity contribution in [1.82, 2.24) is 29.9 Å². The van der Waals surface area contributed by atoms with E-state index in [4.69, 9.17) is 15.0 Å². The third-order valence-electron chi connectivity index (χ3n) is 4.20. The lowest BCUT2D eigenvalue weighted by Crippen LogP contribution is -2.41. The summed E-state index contributed by atoms with van der Waals surface area (Å²) in [6.45, 7) is 1.26. The highest BCUT2D eigenvalue weighted by Gasteiger charge is 2.29. The smallest absolute Gasteiger partial charge is 0.237 e. The first kappa shape index (κ1) is 19.6. The van der Waals surface area contributed by atoms with Crippen LogP contribution in [0.5, 0.6) is 0 Å². The number of hydrogen-bond acceptors (Lipinski definition) is 9. The van der Waals surface area contributed by atoms with Gasteiger partial charge in [0.25, 0.3) is 0 Å². The fraction of sp³-hybridized carbons (Fsp3) is 0.571. The van der Waals surface area contributed by atoms with E-state index < -0.39 is 25.8 Å². The molecule has 4 N–H and O–H groups in total. The van der Waals surface area contributed by atoms with Gasteiger partial charge in [-0.2, -0.15) is 0 Å². The Bertz CT molecular complexity index is 875. The van der Waals surface area contributed by atoms with Gasteiger partial charge in [-0.25, -0.2) is 20.0 Å². The summed E-state index contributed by atoms with van der Waals surface area (Å²) in [6.07, 6.45) is 3.35. The highest BCUT2D eigenvalue weighted by molar-refractivity contribution is 7.49. The molecule has 0 aromatic carbocycles. The summed E-state index contributed by atoms with van der Waals surface area (Å²) < 4.78 is 24.5. The quantitative estimate of drug-likeness (QED) is 0.507. The highest BCUT2D eigenvalue weighted by Crippen LogP contribution is 2.36. The molecule has 12 nitrogen and oxygen atoms in total. The molecule has 3 rings (SSSR count). The number of likely N-dealkylation sites (N-methyl/N-ethyl adjacent to an activating group) is 1. The molecule has 4 atom stereocenters. The number of amides is 1. The summed E-state index contributed by atoms with van der Waals surface area (Å²) in [7, 11) is -2.97. The molecule has 0 bridgehead atoms. The summed E-state index contributed by atoms with van der Waals surface area (Å²) in [6, 6.07) is -0.932. The molecule has 0 radical (unpaired) electrons. The highest BCUT2D eigenvalue weighted by atomic mass is 31.2. The van der Waals surface area contributed by atoms with Crippen LogP contribution in [0.4, 0.5) is 5.82 Å². The molecular formula is C14H21N7O5P-. The average molecular weight is 398 g/mol. The number of carbonyl (C=O) groups excluding carboxylic acids is 1. The third-order valence-corrected chi connectivity index (χ3v) is 5.40. The zero-order valence-corrected chi connectivity index (χ0v) is 15.8. The molecule has 0 saturated carbocycles. The van der Waals surface area contributed by atoms with Crippen molar-refractivity contribution < 1.29 is 23.5 Å². The predicted octanol–water partition coefficient (Wildman–Crippen LogP) is -0.705. The van der Waals surface area contributed by atoms with Gasteiger partial charge in [0.2, 0.25) is 13.7 Å². The molecule has 13 heteroatoms. The van der Waals surface area contributed by atoms with Gasteiger partial charge in [0.1, 0.15) is 18.1 Å². The number of imidazole rings is 1. The van der Waals surface area contributed by atoms with Crippen molar-refractivity contribution in [3.05, 3.63) is 12.7 Å². The second kappa shape index (κ2) is 7.87. The van der Waals surface area contributed by atoms with Crippen LogP contribution in [0.1, 0.15) is 26.0 Å². The molecule has 148 valence electrons. The van der Waals surface area contributed by atoms with Crippen LogP contribution in [0.2, 0.25) is 0 Å². The van der Waals surface area contributed by atoms with Gasteiger partial charge in [-0.1, -0.05) is 0 Å². The Hall–Kier alpha value is -2.11. The van der Waals surface area contributed by atoms with E-state index in [9.17, 15) is 14.3 Å². The molecule has 0 spiro atoms. The Kier molecular flexibility index (Phi) is 5.72. The Labute approximate surface area is 155 Å². The normalized spacial score (nSPS) is 23.2. The van der Waals surface area contributed by atoms with E-state index in [1.54, 1.807) is 10.9 Å². The van der Waals surface area contributed by atoms with Gasteiger partial charge < -0.3 is 25.2 Å². The number of nitrogen functional groups attached to an aromatic ring is 1. The number of nitrogens with one attached hydrogen (secondary N) is 2. The second-order valence-electron chi connectivity index (χ2n) is 6.13. The Balaban J connectivity index is 1.57. The number of nitrogens with zero attached hydrogens (tertiary/aromatic N) is 4. The van der Waals surface area contributed by atoms with Crippen LogP contribution in [0.15, 0.2) is 12.7 Å². The van der Waals surface area contributed by atoms with Crippen molar-refractivity contribution in [2.45, 2.75) is 38.1 Å². The van der Waals surface area contributed by atoms with E-state index in [2.05, 4.69) is 25.4 Å². The van der Waals surface area contributed by atoms with Crippen LogP contribution in [0, 0.1) is 0 Å². The standard InChI is InChI=1S/C14H22N7O5P/c1-8(14(22)16-2)20-27(23,24)25-5-9-3-4-10(26-9)21-7-19-11-12(15)17-6-18-13(11)21/h6-10H,3-5H2,1-2H3,(H,16,22)(H2,15,17,18)(H2,20,23,24)/p-1/t8-,9-,10+/m0/s1. The van der Waals surface area contributed by atoms with E-state index in [0.717, 1.165) is 0 Å². The fourth-order valence-electron chi connectivity index (χ4n) is 2.83. The lowest BCUT2D eigenvalue weighted by Gasteiger charge is -2.28. The molecule has 3 heterocycles. The van der Waals surface area contributed by atoms with Crippen LogP contribution >= 0.6 is 7.75 Å². The lowest BCUT2D eigenvalue weighted by atomic mass is 10.2. The maximum atomic E-state index is 12.0. The minimum atomic E-state index is -4.39. The molecule has 27 heavy (non-hydrogen) atoms. The minimum Gasteiger partial charge on any atom is -0.766 e. The maximum absolute atomic E-state index is 12.0. The first-order chi connectivity index (χ1) is 12.8. The number of anilines is 1. The van der Waals surface area contributed by atoms with Crippen LogP contribution < -0.4 is 21.0 Å². The van der Waals surface area contributed by atoms with Crippen LogP contribution in [-0.4, -0.2) is 51.2 Å². The number of carbonyl (C=O) groups is 1. The van der Waals surface area contributed by atoms with Crippen molar-refractivity contribution in [3.63, 3.8) is 0 Å². The average Bonchev–Trinajstić information content (AvgIpc) is 3.26. The fourth-order valence-corrected chi connectivity index (χ4v) is 3.85. The Morgan fingerprint density at radius 1 is 1.52 bits per heavy atom. The first-order valence-electron chi connectivity index (χ1n) is 8.34. The molecule has 1 aliphatic heterocycles. The van der Waals surface area contributed by atoms with Crippen LogP contribution in [-0.2, 0) is 18.6 Å². The summed E-state index contributed by atoms with van der Waals surface area (Å²) >= 11 is 0. The molecule has 2 aromatic rings. The van der Waals surface area contributed by atoms with Gasteiger partial charge in [0.15, 0.2) is 11.5 Å². The number of hydrogen-bond donors (Lipinski definition) is 3. The topological polar surface area (TPSA) is 169 Å². The number of aromatic nitrogens is 4. The third kappa shape index (κ3) is 4.42. The van der Waals surface area contributed by atoms with Crippen molar-refractivity contribution >= 4 is 30.6 Å². The van der Waals surface area contributed by atoms with Gasteiger partial charge in [0.05, 0.1) is 25.1 Å². The van der Waals surface area contributed by atoms with Crippen LogP contribution in [0.3, 0.4) is 0 Å². The van der Waals surface area contributed by atoms with Crippen LogP contribution in [0.25, 0.3) is 11.2 Å². The zero-order valence-electron chi connectivity index (χ0n) is 14.9. The molecule has 1 amide bonds. The van der Waals surface area contributed by atoms with Gasteiger partial charge >= 0.3 is 0 Å². The van der Waals surface area contributed by atoms with E-state index >= 15 is 0 Å². The lowest BCUT2D eigenvalue weighted by molar-refractivity contribution is -0.205. The Morgan fingerprint density at radius 2 is 2.30 bits per heavy atom. The molecule has 1 aliphatic rings. The van der Waals surface area contributed by atoms with E-state index in [1.165, 1.54) is 20.3 Å². The molecule has 2 aromatic heterocycles. The number of rotatable bonds is 7. The summed E-state index contributed by atoms with van der Waals surface area (Å²) in [5.74, 6) is -0.180. The van der Waals surface area contributed by atoms with Crippen molar-refractivity contribution in [2.75, 3.05) is 19.4 Å². The van der Waals surface area contributed by atoms with E-state index in [-0.39, 0.29) is 18.7 Å². The molecule has 1 saturated heterocycles. The predicted molar refractivity (Wildman–Crippen MR) is 93.1 cm³/mol. The van der Waals surface area contributed by atoms with Crippen molar-refractivity contribution in [2.24, 2.45) is 0 Å². The molecule has 1 fully saturated rings. The van der Waals surface area contributed by atoms with Gasteiger partial charge in [-0.05, 0) is 19.8 Å². The minimum absolute atomic E-state index is 0.158. The maximum Gasteiger partial charge on any atom is 0.237 e. The van der Waals surface area contributed by atoms with Gasteiger partial charge in [-0.15, -0.1) is 0 Å². The molecule has 1 unspecified atom stereocenters. The van der Waals surface area contributed by atoms with Crippen molar-refractivity contribution in [3.8, 4) is 0 Å².